The van der Waals surface area contributed by atoms with E-state index in [1.807, 2.05) is 6.92 Å². The summed E-state index contributed by atoms with van der Waals surface area (Å²) >= 11 is 0. The number of hydrogen-bond donors (Lipinski definition) is 2. The smallest absolute Gasteiger partial charge is 0.312 e. The lowest BCUT2D eigenvalue weighted by Crippen LogP contribution is -2.55. The van der Waals surface area contributed by atoms with Gasteiger partial charge < -0.3 is 10.2 Å². The molecule has 3 nitrogen and oxygen atoms in total. The van der Waals surface area contributed by atoms with E-state index in [1.165, 1.54) is 11.1 Å². The summed E-state index contributed by atoms with van der Waals surface area (Å²) in [6, 6.07) is 6.49. The van der Waals surface area contributed by atoms with Gasteiger partial charge in [0.25, 0.3) is 0 Å². The molecule has 0 spiro atoms. The number of carbonyl (C=O) groups is 1. The van der Waals surface area contributed by atoms with Crippen LogP contribution < -0.4 is 0 Å². The molecule has 3 heteroatoms. The highest BCUT2D eigenvalue weighted by molar-refractivity contribution is 5.76. The van der Waals surface area contributed by atoms with Crippen molar-refractivity contribution in [1.82, 2.24) is 0 Å². The molecule has 1 unspecified atom stereocenters. The van der Waals surface area contributed by atoms with Crippen LogP contribution in [0.1, 0.15) is 56.2 Å². The molecule has 2 aliphatic carbocycles. The van der Waals surface area contributed by atoms with E-state index in [4.69, 9.17) is 0 Å². The Morgan fingerprint density at radius 1 is 1.39 bits per heavy atom. The van der Waals surface area contributed by atoms with Gasteiger partial charge in [-0.2, -0.15) is 0 Å². The monoisotopic (exact) mass is 314 g/mol. The minimum absolute atomic E-state index is 0.00516. The maximum atomic E-state index is 12.0. The third kappa shape index (κ3) is 2.25. The van der Waals surface area contributed by atoms with Crippen LogP contribution in [-0.2, 0) is 16.6 Å². The van der Waals surface area contributed by atoms with Gasteiger partial charge in [0, 0.05) is 0 Å². The number of carboxylic acid groups (broad SMARTS) is 1. The first-order valence-corrected chi connectivity index (χ1v) is 8.49. The van der Waals surface area contributed by atoms with E-state index in [2.05, 4.69) is 31.7 Å². The molecule has 1 aromatic rings. The molecule has 0 radical (unpaired) electrons. The quantitative estimate of drug-likeness (QED) is 0.892. The van der Waals surface area contributed by atoms with Gasteiger partial charge in [-0.15, -0.1) is 0 Å². The first-order chi connectivity index (χ1) is 10.8. The summed E-state index contributed by atoms with van der Waals surface area (Å²) in [5, 5.41) is 19.8. The fourth-order valence-corrected chi connectivity index (χ4v) is 5.08. The maximum Gasteiger partial charge on any atom is 0.312 e. The van der Waals surface area contributed by atoms with Gasteiger partial charge in [0.05, 0.1) is 12.0 Å². The van der Waals surface area contributed by atoms with Crippen molar-refractivity contribution in [2.45, 2.75) is 51.4 Å². The van der Waals surface area contributed by atoms with Crippen molar-refractivity contribution < 1.29 is 15.0 Å². The van der Waals surface area contributed by atoms with Crippen LogP contribution in [0.3, 0.4) is 0 Å². The van der Waals surface area contributed by atoms with Crippen LogP contribution in [0.25, 0.3) is 5.57 Å². The molecule has 124 valence electrons. The average molecular weight is 314 g/mol. The van der Waals surface area contributed by atoms with E-state index >= 15 is 0 Å². The zero-order valence-electron chi connectivity index (χ0n) is 14.1. The first kappa shape index (κ1) is 16.3. The molecular formula is C20H26O3. The molecule has 2 aliphatic rings. The Balaban J connectivity index is 2.11. The van der Waals surface area contributed by atoms with Gasteiger partial charge in [-0.1, -0.05) is 43.7 Å². The topological polar surface area (TPSA) is 57.5 Å². The number of carboxylic acids is 1. The lowest BCUT2D eigenvalue weighted by molar-refractivity contribution is -0.164. The van der Waals surface area contributed by atoms with E-state index in [9.17, 15) is 15.0 Å². The van der Waals surface area contributed by atoms with Gasteiger partial charge in [0.1, 0.15) is 0 Å². The van der Waals surface area contributed by atoms with Gasteiger partial charge in [0.15, 0.2) is 0 Å². The van der Waals surface area contributed by atoms with Crippen molar-refractivity contribution in [1.29, 1.82) is 0 Å². The van der Waals surface area contributed by atoms with Crippen molar-refractivity contribution in [3.05, 3.63) is 41.5 Å². The van der Waals surface area contributed by atoms with Gasteiger partial charge >= 0.3 is 5.97 Å². The van der Waals surface area contributed by atoms with Crippen molar-refractivity contribution in [2.75, 3.05) is 6.61 Å². The summed E-state index contributed by atoms with van der Waals surface area (Å²) in [4.78, 5) is 12.0. The molecule has 2 N–H and O–H groups in total. The van der Waals surface area contributed by atoms with Crippen LogP contribution in [0.15, 0.2) is 24.8 Å². The van der Waals surface area contributed by atoms with Crippen LogP contribution in [0.4, 0.5) is 0 Å². The number of benzene rings is 1. The minimum Gasteiger partial charge on any atom is -0.481 e. The SMILES string of the molecule is C=C(C)c1ccc2c(c1)CCC1[C@@](CO)(C(=O)O)CCC[C@]21C. The molecule has 0 aliphatic heterocycles. The normalized spacial score (nSPS) is 32.7. The molecular weight excluding hydrogens is 288 g/mol. The number of aliphatic hydroxyl groups is 1. The minimum atomic E-state index is -0.988. The number of rotatable bonds is 3. The fraction of sp³-hybridized carbons (Fsp3) is 0.550. The first-order valence-electron chi connectivity index (χ1n) is 8.49. The van der Waals surface area contributed by atoms with Gasteiger partial charge in [-0.3, -0.25) is 4.79 Å². The molecule has 3 atom stereocenters. The fourth-order valence-electron chi connectivity index (χ4n) is 5.08. The number of fused-ring (bicyclic) bond motifs is 3. The standard InChI is InChI=1S/C20H26O3/c1-13(2)14-5-7-16-15(11-14)6-8-17-19(16,3)9-4-10-20(17,12-21)18(22)23/h5,7,11,17,21H,1,4,6,8-10,12H2,2-3H3,(H,22,23)/t17?,19-,20-/m1/s1. The molecule has 23 heavy (non-hydrogen) atoms. The predicted molar refractivity (Wildman–Crippen MR) is 91.3 cm³/mol. The highest BCUT2D eigenvalue weighted by atomic mass is 16.4. The van der Waals surface area contributed by atoms with E-state index in [0.717, 1.165) is 36.8 Å². The summed E-state index contributed by atoms with van der Waals surface area (Å²) in [6.45, 7) is 7.97. The molecule has 0 bridgehead atoms. The highest BCUT2D eigenvalue weighted by Gasteiger charge is 2.57. The molecule has 1 fully saturated rings. The Bertz CT molecular complexity index is 663. The molecule has 0 saturated heterocycles. The lowest BCUT2D eigenvalue weighted by Gasteiger charge is -2.54. The average Bonchev–Trinajstić information content (AvgIpc) is 2.52. The molecule has 3 rings (SSSR count). The Kier molecular flexibility index (Phi) is 3.88. The number of aliphatic carboxylic acids is 1. The lowest BCUT2D eigenvalue weighted by atomic mass is 9.49. The Morgan fingerprint density at radius 2 is 2.13 bits per heavy atom. The molecule has 0 heterocycles. The summed E-state index contributed by atoms with van der Waals surface area (Å²) in [6.07, 6.45) is 4.13. The number of aliphatic hydroxyl groups excluding tert-OH is 1. The van der Waals surface area contributed by atoms with Crippen LogP contribution in [0, 0.1) is 11.3 Å². The van der Waals surface area contributed by atoms with Gasteiger partial charge in [-0.25, -0.2) is 0 Å². The number of aryl methyl sites for hydroxylation is 1. The zero-order valence-corrected chi connectivity index (χ0v) is 14.1. The number of hydrogen-bond acceptors (Lipinski definition) is 2. The van der Waals surface area contributed by atoms with Crippen molar-refractivity contribution in [3.8, 4) is 0 Å². The van der Waals surface area contributed by atoms with Crippen LogP contribution in [0.2, 0.25) is 0 Å². The van der Waals surface area contributed by atoms with E-state index in [1.54, 1.807) is 0 Å². The Morgan fingerprint density at radius 3 is 2.74 bits per heavy atom. The maximum absolute atomic E-state index is 12.0. The summed E-state index contributed by atoms with van der Waals surface area (Å²) < 4.78 is 0. The second-order valence-electron chi connectivity index (χ2n) is 7.63. The third-order valence-corrected chi connectivity index (χ3v) is 6.38. The molecule has 1 aromatic carbocycles. The van der Waals surface area contributed by atoms with Crippen LogP contribution in [0.5, 0.6) is 0 Å². The summed E-state index contributed by atoms with van der Waals surface area (Å²) in [5.74, 6) is -0.840. The predicted octanol–water partition coefficient (Wildman–Crippen LogP) is 3.79. The molecule has 0 amide bonds. The summed E-state index contributed by atoms with van der Waals surface area (Å²) in [7, 11) is 0. The van der Waals surface area contributed by atoms with E-state index in [-0.39, 0.29) is 17.9 Å². The number of allylic oxidation sites excluding steroid dienone is 1. The Hall–Kier alpha value is -1.61. The largest absolute Gasteiger partial charge is 0.481 e. The van der Waals surface area contributed by atoms with Crippen molar-refractivity contribution in [2.24, 2.45) is 11.3 Å². The van der Waals surface area contributed by atoms with Crippen molar-refractivity contribution >= 4 is 11.5 Å². The van der Waals surface area contributed by atoms with Crippen LogP contribution in [-0.4, -0.2) is 22.8 Å². The molecule has 0 aromatic heterocycles. The second kappa shape index (κ2) is 5.48. The highest BCUT2D eigenvalue weighted by Crippen LogP contribution is 2.57. The van der Waals surface area contributed by atoms with Crippen molar-refractivity contribution in [3.63, 3.8) is 0 Å². The Labute approximate surface area is 138 Å². The van der Waals surface area contributed by atoms with Crippen LogP contribution >= 0.6 is 0 Å². The zero-order chi connectivity index (χ0) is 16.8. The van der Waals surface area contributed by atoms with Gasteiger partial charge in [-0.05, 0) is 60.6 Å². The summed E-state index contributed by atoms with van der Waals surface area (Å²) in [5.41, 5.74) is 3.66. The van der Waals surface area contributed by atoms with E-state index < -0.39 is 11.4 Å². The third-order valence-electron chi connectivity index (χ3n) is 6.38. The second-order valence-corrected chi connectivity index (χ2v) is 7.63. The molecule has 1 saturated carbocycles. The van der Waals surface area contributed by atoms with E-state index in [0.29, 0.717) is 6.42 Å². The van der Waals surface area contributed by atoms with Gasteiger partial charge in [0.2, 0.25) is 0 Å².